The van der Waals surface area contributed by atoms with Gasteiger partial charge in [0.25, 0.3) is 0 Å². The van der Waals surface area contributed by atoms with Crippen molar-refractivity contribution in [2.24, 2.45) is 5.92 Å². The molecule has 0 bridgehead atoms. The van der Waals surface area contributed by atoms with Crippen molar-refractivity contribution in [1.82, 2.24) is 10.2 Å². The van der Waals surface area contributed by atoms with Crippen molar-refractivity contribution >= 4 is 0 Å². The first-order chi connectivity index (χ1) is 10.1. The Morgan fingerprint density at radius 3 is 2.38 bits per heavy atom. The van der Waals surface area contributed by atoms with Gasteiger partial charge in [-0.05, 0) is 87.8 Å². The second kappa shape index (κ2) is 7.95. The summed E-state index contributed by atoms with van der Waals surface area (Å²) in [5, 5.41) is 3.47. The Labute approximate surface area is 130 Å². The molecule has 0 amide bonds. The second-order valence-electron chi connectivity index (χ2n) is 6.79. The Kier molecular flexibility index (Phi) is 6.25. The fraction of sp³-hybridized carbons (Fsp3) is 0.684. The van der Waals surface area contributed by atoms with Crippen molar-refractivity contribution in [3.05, 3.63) is 34.4 Å². The van der Waals surface area contributed by atoms with E-state index in [9.17, 15) is 0 Å². The van der Waals surface area contributed by atoms with Gasteiger partial charge in [-0.1, -0.05) is 19.1 Å². The number of aryl methyl sites for hydroxylation is 3. The molecule has 0 saturated carbocycles. The predicted molar refractivity (Wildman–Crippen MR) is 91.8 cm³/mol. The lowest BCUT2D eigenvalue weighted by Gasteiger charge is -2.30. The topological polar surface area (TPSA) is 15.3 Å². The maximum atomic E-state index is 3.47. The van der Waals surface area contributed by atoms with E-state index in [1.165, 1.54) is 67.7 Å². The molecule has 0 atom stereocenters. The van der Waals surface area contributed by atoms with Gasteiger partial charge in [-0.3, -0.25) is 4.90 Å². The standard InChI is InChI=1S/C19H32N2/c1-5-10-21(13-18-6-8-20-9-7-18)14-19-12-16(3)15(2)11-17(19)4/h11-12,18,20H,5-10,13-14H2,1-4H3. The Morgan fingerprint density at radius 1 is 1.05 bits per heavy atom. The molecule has 1 aliphatic rings. The zero-order valence-corrected chi connectivity index (χ0v) is 14.3. The van der Waals surface area contributed by atoms with Crippen molar-refractivity contribution < 1.29 is 0 Å². The molecule has 1 fully saturated rings. The van der Waals surface area contributed by atoms with Gasteiger partial charge < -0.3 is 5.32 Å². The van der Waals surface area contributed by atoms with E-state index in [-0.39, 0.29) is 0 Å². The van der Waals surface area contributed by atoms with Gasteiger partial charge in [-0.25, -0.2) is 0 Å². The largest absolute Gasteiger partial charge is 0.317 e. The number of hydrogen-bond donors (Lipinski definition) is 1. The molecule has 1 heterocycles. The number of hydrogen-bond acceptors (Lipinski definition) is 2. The van der Waals surface area contributed by atoms with Gasteiger partial charge in [0.05, 0.1) is 0 Å². The molecule has 0 aromatic heterocycles. The highest BCUT2D eigenvalue weighted by molar-refractivity contribution is 5.36. The average Bonchev–Trinajstić information content (AvgIpc) is 2.46. The molecule has 2 rings (SSSR count). The van der Waals surface area contributed by atoms with E-state index in [2.05, 4.69) is 50.0 Å². The van der Waals surface area contributed by atoms with Crippen LogP contribution in [0.2, 0.25) is 0 Å². The molecule has 0 aliphatic carbocycles. The molecular weight excluding hydrogens is 256 g/mol. The van der Waals surface area contributed by atoms with Crippen LogP contribution in [0.1, 0.15) is 48.4 Å². The number of benzene rings is 1. The maximum absolute atomic E-state index is 3.47. The SMILES string of the molecule is CCCN(Cc1cc(C)c(C)cc1C)CC1CCNCC1. The van der Waals surface area contributed by atoms with Crippen LogP contribution in [0.4, 0.5) is 0 Å². The van der Waals surface area contributed by atoms with Crippen LogP contribution in [0.3, 0.4) is 0 Å². The molecule has 1 aromatic rings. The van der Waals surface area contributed by atoms with Crippen LogP contribution < -0.4 is 5.32 Å². The lowest BCUT2D eigenvalue weighted by molar-refractivity contribution is 0.198. The summed E-state index contributed by atoms with van der Waals surface area (Å²) in [6, 6.07) is 4.75. The monoisotopic (exact) mass is 288 g/mol. The van der Waals surface area contributed by atoms with E-state index in [0.29, 0.717) is 0 Å². The van der Waals surface area contributed by atoms with Gasteiger partial charge in [-0.15, -0.1) is 0 Å². The predicted octanol–water partition coefficient (Wildman–Crippen LogP) is 3.82. The van der Waals surface area contributed by atoms with Crippen molar-refractivity contribution in [2.75, 3.05) is 26.2 Å². The molecule has 1 N–H and O–H groups in total. The van der Waals surface area contributed by atoms with Crippen LogP contribution in [-0.2, 0) is 6.54 Å². The van der Waals surface area contributed by atoms with E-state index >= 15 is 0 Å². The first-order valence-electron chi connectivity index (χ1n) is 8.60. The third-order valence-corrected chi connectivity index (χ3v) is 4.86. The van der Waals surface area contributed by atoms with E-state index in [4.69, 9.17) is 0 Å². The molecule has 2 nitrogen and oxygen atoms in total. The lowest BCUT2D eigenvalue weighted by Crippen LogP contribution is -2.36. The number of nitrogens with zero attached hydrogens (tertiary/aromatic N) is 1. The summed E-state index contributed by atoms with van der Waals surface area (Å²) in [7, 11) is 0. The number of rotatable bonds is 6. The summed E-state index contributed by atoms with van der Waals surface area (Å²) in [5.41, 5.74) is 5.80. The third-order valence-electron chi connectivity index (χ3n) is 4.86. The summed E-state index contributed by atoms with van der Waals surface area (Å²) in [4.78, 5) is 2.67. The van der Waals surface area contributed by atoms with Crippen molar-refractivity contribution in [1.29, 1.82) is 0 Å². The fourth-order valence-electron chi connectivity index (χ4n) is 3.41. The highest BCUT2D eigenvalue weighted by atomic mass is 15.1. The first kappa shape index (κ1) is 16.5. The Hall–Kier alpha value is -0.860. The van der Waals surface area contributed by atoms with E-state index in [0.717, 1.165) is 12.5 Å². The highest BCUT2D eigenvalue weighted by Crippen LogP contribution is 2.20. The highest BCUT2D eigenvalue weighted by Gasteiger charge is 2.17. The number of piperidine rings is 1. The maximum Gasteiger partial charge on any atom is 0.0236 e. The quantitative estimate of drug-likeness (QED) is 0.856. The van der Waals surface area contributed by atoms with Gasteiger partial charge in [0, 0.05) is 13.1 Å². The van der Waals surface area contributed by atoms with Crippen molar-refractivity contribution in [3.8, 4) is 0 Å². The Balaban J connectivity index is 2.03. The molecule has 118 valence electrons. The minimum absolute atomic E-state index is 0.879. The van der Waals surface area contributed by atoms with Crippen LogP contribution in [0.15, 0.2) is 12.1 Å². The van der Waals surface area contributed by atoms with E-state index < -0.39 is 0 Å². The average molecular weight is 288 g/mol. The zero-order valence-electron chi connectivity index (χ0n) is 14.3. The molecule has 21 heavy (non-hydrogen) atoms. The van der Waals surface area contributed by atoms with Gasteiger partial charge in [0.2, 0.25) is 0 Å². The summed E-state index contributed by atoms with van der Waals surface area (Å²) < 4.78 is 0. The lowest BCUT2D eigenvalue weighted by atomic mass is 9.96. The minimum Gasteiger partial charge on any atom is -0.317 e. The molecule has 1 saturated heterocycles. The van der Waals surface area contributed by atoms with Crippen LogP contribution in [0.5, 0.6) is 0 Å². The molecule has 0 spiro atoms. The van der Waals surface area contributed by atoms with Crippen molar-refractivity contribution in [2.45, 2.75) is 53.5 Å². The van der Waals surface area contributed by atoms with Gasteiger partial charge in [-0.2, -0.15) is 0 Å². The van der Waals surface area contributed by atoms with Gasteiger partial charge in [0.1, 0.15) is 0 Å². The number of nitrogens with one attached hydrogen (secondary N) is 1. The third kappa shape index (κ3) is 4.82. The van der Waals surface area contributed by atoms with Crippen LogP contribution in [0.25, 0.3) is 0 Å². The summed E-state index contributed by atoms with van der Waals surface area (Å²) in [5.74, 6) is 0.879. The smallest absolute Gasteiger partial charge is 0.0236 e. The van der Waals surface area contributed by atoms with Gasteiger partial charge >= 0.3 is 0 Å². The Bertz CT molecular complexity index is 447. The van der Waals surface area contributed by atoms with E-state index in [1.54, 1.807) is 0 Å². The first-order valence-corrected chi connectivity index (χ1v) is 8.60. The fourth-order valence-corrected chi connectivity index (χ4v) is 3.41. The van der Waals surface area contributed by atoms with Crippen LogP contribution in [-0.4, -0.2) is 31.1 Å². The molecular formula is C19H32N2. The zero-order chi connectivity index (χ0) is 15.2. The minimum atomic E-state index is 0.879. The molecule has 1 aliphatic heterocycles. The molecule has 0 radical (unpaired) electrons. The second-order valence-corrected chi connectivity index (χ2v) is 6.79. The molecule has 2 heteroatoms. The van der Waals surface area contributed by atoms with Gasteiger partial charge in [0.15, 0.2) is 0 Å². The van der Waals surface area contributed by atoms with Crippen molar-refractivity contribution in [3.63, 3.8) is 0 Å². The van der Waals surface area contributed by atoms with E-state index in [1.807, 2.05) is 0 Å². The normalized spacial score (nSPS) is 16.6. The molecule has 0 unspecified atom stereocenters. The van der Waals surface area contributed by atoms with Crippen LogP contribution in [0, 0.1) is 26.7 Å². The summed E-state index contributed by atoms with van der Waals surface area (Å²) in [6.45, 7) is 15.0. The van der Waals surface area contributed by atoms with Crippen LogP contribution >= 0.6 is 0 Å². The Morgan fingerprint density at radius 2 is 1.71 bits per heavy atom. The summed E-state index contributed by atoms with van der Waals surface area (Å²) >= 11 is 0. The molecule has 1 aromatic carbocycles. The summed E-state index contributed by atoms with van der Waals surface area (Å²) in [6.07, 6.45) is 3.92.